The largest absolute Gasteiger partial charge is 0.244 e. The van der Waals surface area contributed by atoms with E-state index in [1.165, 1.54) is 5.56 Å². The highest BCUT2D eigenvalue weighted by Gasteiger charge is 2.14. The Bertz CT molecular complexity index is 878. The lowest BCUT2D eigenvalue weighted by Gasteiger charge is -2.11. The summed E-state index contributed by atoms with van der Waals surface area (Å²) in [6, 6.07) is 27.2. The van der Waals surface area contributed by atoms with Gasteiger partial charge in [-0.25, -0.2) is 4.21 Å². The van der Waals surface area contributed by atoms with E-state index in [4.69, 9.17) is 0 Å². The number of benzene rings is 3. The van der Waals surface area contributed by atoms with Crippen LogP contribution >= 0.6 is 0 Å². The monoisotopic (exact) mass is 321 g/mol. The molecule has 0 saturated heterocycles. The fraction of sp³-hybridized carbons (Fsp3) is 0.100. The number of nitrogens with zero attached hydrogens (tertiary/aromatic N) is 1. The summed E-state index contributed by atoms with van der Waals surface area (Å²) in [5.74, 6) is 0.408. The molecule has 3 aromatic rings. The van der Waals surface area contributed by atoms with Crippen LogP contribution in [0.25, 0.3) is 0 Å². The number of hydrogen-bond donors (Lipinski definition) is 0. The van der Waals surface area contributed by atoms with Crippen molar-refractivity contribution in [1.29, 1.82) is 0 Å². The van der Waals surface area contributed by atoms with Crippen molar-refractivity contribution < 1.29 is 4.21 Å². The Balaban J connectivity index is 2.10. The molecule has 0 amide bonds. The molecule has 0 saturated carbocycles. The Morgan fingerprint density at radius 3 is 1.96 bits per heavy atom. The fourth-order valence-corrected chi connectivity index (χ4v) is 4.40. The minimum Gasteiger partial charge on any atom is -0.244 e. The van der Waals surface area contributed by atoms with Gasteiger partial charge in [0, 0.05) is 4.90 Å². The third kappa shape index (κ3) is 3.88. The molecule has 0 spiro atoms. The zero-order valence-corrected chi connectivity index (χ0v) is 13.9. The van der Waals surface area contributed by atoms with Crippen molar-refractivity contribution in [2.75, 3.05) is 0 Å². The van der Waals surface area contributed by atoms with Crippen molar-refractivity contribution in [3.8, 4) is 0 Å². The summed E-state index contributed by atoms with van der Waals surface area (Å²) in [4.78, 5) is 0.768. The van der Waals surface area contributed by atoms with Crippen LogP contribution in [0.3, 0.4) is 0 Å². The molecule has 116 valence electrons. The van der Waals surface area contributed by atoms with Gasteiger partial charge < -0.3 is 0 Å². The molecule has 0 bridgehead atoms. The lowest BCUT2D eigenvalue weighted by Crippen LogP contribution is -2.04. The van der Waals surface area contributed by atoms with Crippen LogP contribution in [0.15, 0.2) is 94.2 Å². The molecule has 0 aliphatic carbocycles. The van der Waals surface area contributed by atoms with Gasteiger partial charge in [0.25, 0.3) is 0 Å². The van der Waals surface area contributed by atoms with Crippen LogP contribution in [0.4, 0.5) is 5.69 Å². The standard InChI is InChI=1S/C20H19NOS/c1-17-12-14-19(15-13-17)21-23(22,20-10-6-3-7-11-20)16-18-8-4-2-5-9-18/h2-15H,16H2,1H3. The SMILES string of the molecule is Cc1ccc(N=S(=O)(Cc2ccccc2)c2ccccc2)cc1. The summed E-state index contributed by atoms with van der Waals surface area (Å²) >= 11 is 0. The maximum absolute atomic E-state index is 13.6. The van der Waals surface area contributed by atoms with Gasteiger partial charge in [0.05, 0.1) is 21.2 Å². The maximum atomic E-state index is 13.6. The Morgan fingerprint density at radius 2 is 1.35 bits per heavy atom. The average Bonchev–Trinajstić information content (AvgIpc) is 2.59. The molecular weight excluding hydrogens is 302 g/mol. The second kappa shape index (κ2) is 6.80. The van der Waals surface area contributed by atoms with Crippen molar-refractivity contribution in [3.63, 3.8) is 0 Å². The molecule has 0 fully saturated rings. The van der Waals surface area contributed by atoms with Gasteiger partial charge >= 0.3 is 0 Å². The van der Waals surface area contributed by atoms with Gasteiger partial charge in [-0.05, 0) is 36.8 Å². The van der Waals surface area contributed by atoms with E-state index in [2.05, 4.69) is 4.36 Å². The molecule has 3 aromatic carbocycles. The van der Waals surface area contributed by atoms with Gasteiger partial charge in [-0.3, -0.25) is 0 Å². The summed E-state index contributed by atoms with van der Waals surface area (Å²) in [6.45, 7) is 2.03. The Morgan fingerprint density at radius 1 is 0.783 bits per heavy atom. The lowest BCUT2D eigenvalue weighted by atomic mass is 10.2. The third-order valence-corrected chi connectivity index (χ3v) is 5.84. The second-order valence-corrected chi connectivity index (χ2v) is 7.73. The normalized spacial score (nSPS) is 13.3. The summed E-state index contributed by atoms with van der Waals surface area (Å²) in [7, 11) is -2.56. The molecule has 2 nitrogen and oxygen atoms in total. The first-order valence-electron chi connectivity index (χ1n) is 7.56. The molecule has 3 rings (SSSR count). The topological polar surface area (TPSA) is 29.4 Å². The molecule has 1 atom stereocenters. The zero-order chi connectivity index (χ0) is 16.1. The van der Waals surface area contributed by atoms with Gasteiger partial charge in [-0.2, -0.15) is 4.36 Å². The summed E-state index contributed by atoms with van der Waals surface area (Å²) in [5.41, 5.74) is 2.94. The summed E-state index contributed by atoms with van der Waals surface area (Å²) in [5, 5.41) is 0. The molecular formula is C20H19NOS. The highest BCUT2D eigenvalue weighted by molar-refractivity contribution is 7.93. The van der Waals surface area contributed by atoms with Crippen molar-refractivity contribution in [2.45, 2.75) is 17.6 Å². The zero-order valence-electron chi connectivity index (χ0n) is 13.1. The van der Waals surface area contributed by atoms with Gasteiger partial charge in [-0.15, -0.1) is 0 Å². The molecule has 1 unspecified atom stereocenters. The molecule has 0 aromatic heterocycles. The minimum absolute atomic E-state index is 0.408. The second-order valence-electron chi connectivity index (χ2n) is 5.51. The predicted octanol–water partition coefficient (Wildman–Crippen LogP) is 5.35. The van der Waals surface area contributed by atoms with E-state index < -0.39 is 9.73 Å². The fourth-order valence-electron chi connectivity index (χ4n) is 2.38. The summed E-state index contributed by atoms with van der Waals surface area (Å²) < 4.78 is 18.3. The van der Waals surface area contributed by atoms with Crippen LogP contribution in [0.1, 0.15) is 11.1 Å². The van der Waals surface area contributed by atoms with Crippen molar-refractivity contribution in [2.24, 2.45) is 4.36 Å². The molecule has 0 radical (unpaired) electrons. The van der Waals surface area contributed by atoms with E-state index in [9.17, 15) is 4.21 Å². The van der Waals surface area contributed by atoms with Crippen LogP contribution in [-0.4, -0.2) is 4.21 Å². The molecule has 3 heteroatoms. The van der Waals surface area contributed by atoms with E-state index in [0.717, 1.165) is 16.1 Å². The molecule has 0 heterocycles. The number of hydrogen-bond acceptors (Lipinski definition) is 2. The van der Waals surface area contributed by atoms with Crippen LogP contribution in [0.5, 0.6) is 0 Å². The first-order chi connectivity index (χ1) is 11.2. The van der Waals surface area contributed by atoms with Gasteiger partial charge in [0.2, 0.25) is 0 Å². The average molecular weight is 321 g/mol. The highest BCUT2D eigenvalue weighted by Crippen LogP contribution is 2.24. The molecule has 0 N–H and O–H groups in total. The number of rotatable bonds is 4. The molecule has 0 aliphatic heterocycles. The highest BCUT2D eigenvalue weighted by atomic mass is 32.2. The maximum Gasteiger partial charge on any atom is 0.0842 e. The molecule has 23 heavy (non-hydrogen) atoms. The van der Waals surface area contributed by atoms with Gasteiger partial charge in [0.1, 0.15) is 0 Å². The van der Waals surface area contributed by atoms with E-state index in [-0.39, 0.29) is 0 Å². The third-order valence-electron chi connectivity index (χ3n) is 3.60. The predicted molar refractivity (Wildman–Crippen MR) is 96.3 cm³/mol. The Hall–Kier alpha value is -2.39. The Kier molecular flexibility index (Phi) is 4.58. The van der Waals surface area contributed by atoms with E-state index in [1.807, 2.05) is 91.9 Å². The lowest BCUT2D eigenvalue weighted by molar-refractivity contribution is 0.676. The molecule has 0 aliphatic rings. The smallest absolute Gasteiger partial charge is 0.0842 e. The van der Waals surface area contributed by atoms with Crippen LogP contribution in [0.2, 0.25) is 0 Å². The van der Waals surface area contributed by atoms with Crippen molar-refractivity contribution in [1.82, 2.24) is 0 Å². The van der Waals surface area contributed by atoms with Crippen LogP contribution < -0.4 is 0 Å². The number of aryl methyl sites for hydroxylation is 1. The summed E-state index contributed by atoms with van der Waals surface area (Å²) in [6.07, 6.45) is 0. The van der Waals surface area contributed by atoms with Gasteiger partial charge in [-0.1, -0.05) is 66.2 Å². The van der Waals surface area contributed by atoms with Crippen molar-refractivity contribution >= 4 is 15.4 Å². The van der Waals surface area contributed by atoms with Gasteiger partial charge in [0.15, 0.2) is 0 Å². The first-order valence-corrected chi connectivity index (χ1v) is 9.25. The quantitative estimate of drug-likeness (QED) is 0.636. The minimum atomic E-state index is -2.56. The first kappa shape index (κ1) is 15.5. The Labute approximate surface area is 138 Å². The van der Waals surface area contributed by atoms with E-state index in [0.29, 0.717) is 5.75 Å². The van der Waals surface area contributed by atoms with E-state index >= 15 is 0 Å². The van der Waals surface area contributed by atoms with Crippen LogP contribution in [-0.2, 0) is 15.5 Å². The van der Waals surface area contributed by atoms with Crippen LogP contribution in [0, 0.1) is 6.92 Å². The van der Waals surface area contributed by atoms with E-state index in [1.54, 1.807) is 0 Å². The van der Waals surface area contributed by atoms with Crippen molar-refractivity contribution in [3.05, 3.63) is 96.1 Å².